The van der Waals surface area contributed by atoms with Gasteiger partial charge in [-0.1, -0.05) is 17.7 Å². The van der Waals surface area contributed by atoms with Crippen molar-refractivity contribution in [1.29, 1.82) is 0 Å². The van der Waals surface area contributed by atoms with Crippen LogP contribution in [0.5, 0.6) is 5.75 Å². The van der Waals surface area contributed by atoms with E-state index in [0.717, 1.165) is 44.3 Å². The molecule has 3 rings (SSSR count). The predicted molar refractivity (Wildman–Crippen MR) is 82.4 cm³/mol. The van der Waals surface area contributed by atoms with E-state index in [1.165, 1.54) is 37.1 Å². The van der Waals surface area contributed by atoms with Crippen LogP contribution in [0.2, 0.25) is 0 Å². The Kier molecular flexibility index (Phi) is 4.58. The van der Waals surface area contributed by atoms with Gasteiger partial charge in [-0.3, -0.25) is 0 Å². The Labute approximate surface area is 122 Å². The molecule has 0 aromatic heterocycles. The minimum Gasteiger partial charge on any atom is -0.493 e. The fourth-order valence-electron chi connectivity index (χ4n) is 2.75. The van der Waals surface area contributed by atoms with Crippen molar-refractivity contribution in [2.75, 3.05) is 39.3 Å². The molecule has 3 heteroatoms. The molecule has 0 spiro atoms. The van der Waals surface area contributed by atoms with E-state index in [-0.39, 0.29) is 0 Å². The zero-order valence-electron chi connectivity index (χ0n) is 12.5. The molecule has 0 unspecified atom stereocenters. The van der Waals surface area contributed by atoms with Crippen LogP contribution in [0.1, 0.15) is 24.0 Å². The largest absolute Gasteiger partial charge is 0.493 e. The number of rotatable bonds is 6. The molecule has 0 atom stereocenters. The van der Waals surface area contributed by atoms with E-state index in [1.54, 1.807) is 0 Å². The van der Waals surface area contributed by atoms with Gasteiger partial charge >= 0.3 is 0 Å². The number of nitrogens with zero attached hydrogens (tertiary/aromatic N) is 1. The van der Waals surface area contributed by atoms with Gasteiger partial charge in [0.15, 0.2) is 0 Å². The third-order valence-corrected chi connectivity index (χ3v) is 4.29. The maximum atomic E-state index is 6.03. The monoisotopic (exact) mass is 274 g/mol. The lowest BCUT2D eigenvalue weighted by molar-refractivity contribution is 0.241. The first kappa shape index (κ1) is 13.9. The van der Waals surface area contributed by atoms with Crippen molar-refractivity contribution in [3.8, 4) is 5.75 Å². The highest BCUT2D eigenvalue weighted by Gasteiger charge is 2.22. The summed E-state index contributed by atoms with van der Waals surface area (Å²) in [4.78, 5) is 2.55. The Morgan fingerprint density at radius 1 is 1.25 bits per heavy atom. The second-order valence-electron chi connectivity index (χ2n) is 6.21. The van der Waals surface area contributed by atoms with Gasteiger partial charge in [0.05, 0.1) is 6.61 Å². The molecule has 0 bridgehead atoms. The maximum Gasteiger partial charge on any atom is 0.122 e. The lowest BCUT2D eigenvalue weighted by Gasteiger charge is -2.27. The van der Waals surface area contributed by atoms with Crippen LogP contribution < -0.4 is 10.1 Å². The molecule has 1 N–H and O–H groups in total. The number of piperazine rings is 1. The summed E-state index contributed by atoms with van der Waals surface area (Å²) in [5, 5.41) is 3.41. The van der Waals surface area contributed by atoms with Crippen LogP contribution in [-0.4, -0.2) is 44.2 Å². The number of ether oxygens (including phenoxy) is 1. The topological polar surface area (TPSA) is 24.5 Å². The molecular formula is C17H26N2O. The molecule has 110 valence electrons. The molecule has 1 heterocycles. The second kappa shape index (κ2) is 6.59. The number of hydrogen-bond acceptors (Lipinski definition) is 3. The van der Waals surface area contributed by atoms with Gasteiger partial charge in [-0.15, -0.1) is 0 Å². The van der Waals surface area contributed by atoms with Crippen molar-refractivity contribution in [3.05, 3.63) is 29.3 Å². The predicted octanol–water partition coefficient (Wildman–Crippen LogP) is 2.23. The average molecular weight is 274 g/mol. The first-order valence-electron chi connectivity index (χ1n) is 7.96. The Morgan fingerprint density at radius 2 is 2.05 bits per heavy atom. The molecule has 2 aliphatic rings. The first-order chi connectivity index (χ1) is 9.81. The van der Waals surface area contributed by atoms with Crippen LogP contribution >= 0.6 is 0 Å². The van der Waals surface area contributed by atoms with Gasteiger partial charge in [-0.25, -0.2) is 0 Å². The standard InChI is InChI=1S/C17H26N2O/c1-14-2-5-17(20-13-15-3-4-15)16(12-14)6-9-19-10-7-18-8-11-19/h2,5,12,15,18H,3-4,6-11,13H2,1H3. The molecule has 2 fully saturated rings. The highest BCUT2D eigenvalue weighted by molar-refractivity contribution is 5.37. The van der Waals surface area contributed by atoms with Crippen LogP contribution in [0.15, 0.2) is 18.2 Å². The van der Waals surface area contributed by atoms with Gasteiger partial charge in [0, 0.05) is 32.7 Å². The van der Waals surface area contributed by atoms with Gasteiger partial charge in [0.1, 0.15) is 5.75 Å². The van der Waals surface area contributed by atoms with Crippen molar-refractivity contribution in [2.24, 2.45) is 5.92 Å². The van der Waals surface area contributed by atoms with E-state index in [1.807, 2.05) is 0 Å². The lowest BCUT2D eigenvalue weighted by Crippen LogP contribution is -2.44. The Hall–Kier alpha value is -1.06. The van der Waals surface area contributed by atoms with E-state index in [0.29, 0.717) is 0 Å². The Balaban J connectivity index is 1.58. The fourth-order valence-corrected chi connectivity index (χ4v) is 2.75. The van der Waals surface area contributed by atoms with Crippen molar-refractivity contribution in [1.82, 2.24) is 10.2 Å². The number of nitrogens with one attached hydrogen (secondary N) is 1. The lowest BCUT2D eigenvalue weighted by atomic mass is 10.1. The van der Waals surface area contributed by atoms with E-state index < -0.39 is 0 Å². The second-order valence-corrected chi connectivity index (χ2v) is 6.21. The van der Waals surface area contributed by atoms with Gasteiger partial charge < -0.3 is 15.0 Å². The number of hydrogen-bond donors (Lipinski definition) is 1. The van der Waals surface area contributed by atoms with E-state index in [4.69, 9.17) is 4.74 Å². The van der Waals surface area contributed by atoms with Gasteiger partial charge in [-0.05, 0) is 43.7 Å². The van der Waals surface area contributed by atoms with E-state index in [9.17, 15) is 0 Å². The maximum absolute atomic E-state index is 6.03. The van der Waals surface area contributed by atoms with Crippen molar-refractivity contribution in [3.63, 3.8) is 0 Å². The Morgan fingerprint density at radius 3 is 2.80 bits per heavy atom. The zero-order valence-corrected chi connectivity index (χ0v) is 12.5. The van der Waals surface area contributed by atoms with Crippen molar-refractivity contribution >= 4 is 0 Å². The van der Waals surface area contributed by atoms with E-state index in [2.05, 4.69) is 35.3 Å². The van der Waals surface area contributed by atoms with Crippen LogP contribution in [-0.2, 0) is 6.42 Å². The molecular weight excluding hydrogens is 248 g/mol. The summed E-state index contributed by atoms with van der Waals surface area (Å²) in [6.45, 7) is 8.81. The third-order valence-electron chi connectivity index (χ3n) is 4.29. The molecule has 1 aromatic carbocycles. The first-order valence-corrected chi connectivity index (χ1v) is 7.96. The highest BCUT2D eigenvalue weighted by Crippen LogP contribution is 2.30. The average Bonchev–Trinajstić information content (AvgIpc) is 3.29. The fraction of sp³-hybridized carbons (Fsp3) is 0.647. The molecule has 1 aliphatic heterocycles. The minimum atomic E-state index is 0.817. The summed E-state index contributed by atoms with van der Waals surface area (Å²) in [6, 6.07) is 6.62. The zero-order chi connectivity index (χ0) is 13.8. The smallest absolute Gasteiger partial charge is 0.122 e. The molecule has 20 heavy (non-hydrogen) atoms. The number of benzene rings is 1. The van der Waals surface area contributed by atoms with Crippen molar-refractivity contribution in [2.45, 2.75) is 26.2 Å². The third kappa shape index (κ3) is 3.97. The molecule has 1 saturated heterocycles. The van der Waals surface area contributed by atoms with Gasteiger partial charge in [0.2, 0.25) is 0 Å². The Bertz CT molecular complexity index is 437. The van der Waals surface area contributed by atoms with E-state index >= 15 is 0 Å². The summed E-state index contributed by atoms with van der Waals surface area (Å²) < 4.78 is 6.03. The van der Waals surface area contributed by atoms with Crippen LogP contribution in [0.3, 0.4) is 0 Å². The summed E-state index contributed by atoms with van der Waals surface area (Å²) in [5.41, 5.74) is 2.71. The molecule has 1 aliphatic carbocycles. The van der Waals surface area contributed by atoms with Gasteiger partial charge in [0.25, 0.3) is 0 Å². The number of aryl methyl sites for hydroxylation is 1. The summed E-state index contributed by atoms with van der Waals surface area (Å²) >= 11 is 0. The van der Waals surface area contributed by atoms with Crippen LogP contribution in [0.4, 0.5) is 0 Å². The molecule has 1 aromatic rings. The highest BCUT2D eigenvalue weighted by atomic mass is 16.5. The summed E-state index contributed by atoms with van der Waals surface area (Å²) in [7, 11) is 0. The van der Waals surface area contributed by atoms with Gasteiger partial charge in [-0.2, -0.15) is 0 Å². The SMILES string of the molecule is Cc1ccc(OCC2CC2)c(CCN2CCNCC2)c1. The van der Waals surface area contributed by atoms with Crippen molar-refractivity contribution < 1.29 is 4.74 Å². The summed E-state index contributed by atoms with van der Waals surface area (Å²) in [6.07, 6.45) is 3.80. The molecule has 1 saturated carbocycles. The minimum absolute atomic E-state index is 0.817. The quantitative estimate of drug-likeness (QED) is 0.861. The van der Waals surface area contributed by atoms with Crippen LogP contribution in [0, 0.1) is 12.8 Å². The summed E-state index contributed by atoms with van der Waals surface area (Å²) in [5.74, 6) is 1.93. The van der Waals surface area contributed by atoms with Crippen LogP contribution in [0.25, 0.3) is 0 Å². The molecule has 3 nitrogen and oxygen atoms in total. The molecule has 0 radical (unpaired) electrons. The normalized spacial score (nSPS) is 20.1. The molecule has 0 amide bonds.